The molecule has 0 radical (unpaired) electrons. The molecule has 23 heavy (non-hydrogen) atoms. The molecule has 0 bridgehead atoms. The van der Waals surface area contributed by atoms with Crippen LogP contribution < -0.4 is 0 Å². The summed E-state index contributed by atoms with van der Waals surface area (Å²) in [7, 11) is 0. The molecule has 0 aromatic rings. The minimum atomic E-state index is -11.1. The van der Waals surface area contributed by atoms with Crippen molar-refractivity contribution in [3.05, 3.63) is 60.7 Å². The Morgan fingerprint density at radius 3 is 0.522 bits per heavy atom. The molecule has 23 heteroatoms. The third-order valence-corrected chi connectivity index (χ3v) is 13.4. The quantitative estimate of drug-likeness (QED) is 0.164. The first-order valence-corrected chi connectivity index (χ1v) is 9.51. The van der Waals surface area contributed by atoms with Crippen LogP contribution in [0.15, 0.2) is 0 Å². The topological polar surface area (TPSA) is 259 Å². The first kappa shape index (κ1) is 35.7. The van der Waals surface area contributed by atoms with Gasteiger partial charge in [0.2, 0.25) is 0 Å². The fourth-order valence-corrected chi connectivity index (χ4v) is 5.46. The number of nitro groups is 6. The summed E-state index contributed by atoms with van der Waals surface area (Å²) in [5.41, 5.74) is 0. The van der Waals surface area contributed by atoms with Crippen molar-refractivity contribution in [1.29, 1.82) is 0 Å². The Bertz CT molecular complexity index is 444. The van der Waals surface area contributed by atoms with E-state index in [9.17, 15) is 60.7 Å². The fraction of sp³-hybridized carbons (Fsp3) is 0. The Balaban J connectivity index is -0.000000270. The molecule has 0 aromatic heterocycles. The molecule has 0 unspecified atom stereocenters. The van der Waals surface area contributed by atoms with Gasteiger partial charge >= 0.3 is 237 Å². The van der Waals surface area contributed by atoms with E-state index >= 15 is 0 Å². The average molecular weight is 580 g/mol. The Hall–Kier alpha value is 1.69. The third-order valence-electron chi connectivity index (χ3n) is 1.63. The Kier molecular flexibility index (Phi) is 15.7. The van der Waals surface area contributed by atoms with Crippen molar-refractivity contribution in [1.82, 2.24) is 0 Å². The molecule has 0 aliphatic rings. The van der Waals surface area contributed by atoms with E-state index in [1.165, 1.54) is 0 Å². The molecule has 0 heterocycles. The zero-order valence-electron chi connectivity index (χ0n) is 7.92. The number of hydrogen-bond acceptors (Lipinski definition) is 12. The van der Waals surface area contributed by atoms with Crippen LogP contribution in [-0.4, -0.2) is 162 Å². The Morgan fingerprint density at radius 1 is 0.435 bits per heavy atom. The van der Waals surface area contributed by atoms with Crippen LogP contribution in [0.2, 0.25) is 0 Å². The van der Waals surface area contributed by atoms with E-state index in [2.05, 4.69) is 0 Å². The number of rotatable bonds is 6. The first-order chi connectivity index (χ1) is 8.34. The van der Waals surface area contributed by atoms with Gasteiger partial charge in [-0.15, -0.1) is 0 Å². The molecule has 0 saturated carbocycles. The van der Waals surface area contributed by atoms with Crippen LogP contribution >= 0.6 is 0 Å². The molecule has 0 fully saturated rings. The number of nitrogens with zero attached hydrogens (tertiary/aromatic N) is 6. The summed E-state index contributed by atoms with van der Waals surface area (Å²) < 4.78 is -19.2. The zero-order valence-corrected chi connectivity index (χ0v) is 10.3. The van der Waals surface area contributed by atoms with E-state index < -0.39 is 35.9 Å². The van der Waals surface area contributed by atoms with Gasteiger partial charge in [0, 0.05) is 0 Å². The monoisotopic (exact) mass is 581 g/mol. The van der Waals surface area contributed by atoms with E-state index in [0.717, 1.165) is 0 Å². The molecule has 0 aliphatic carbocycles. The summed E-state index contributed by atoms with van der Waals surface area (Å²) in [6.45, 7) is 0. The van der Waals surface area contributed by atoms with Crippen molar-refractivity contribution in [2.24, 2.45) is 0 Å². The van der Waals surface area contributed by atoms with Crippen molar-refractivity contribution >= 4 is 140 Å². The van der Waals surface area contributed by atoms with Gasteiger partial charge in [-0.3, -0.25) is 0 Å². The molecule has 18 nitrogen and oxygen atoms in total. The SMILES string of the molecule is O=[N+]([O-])[Ir]([N+](=O)[O-])([N+](=O)[O-])([N+](=O)[O-])([N+](=O)[O-])[N+](=O)[O-].[KH].[NaH].[NaH].[NaH]. The van der Waals surface area contributed by atoms with E-state index in [0.29, 0.717) is 0 Å². The van der Waals surface area contributed by atoms with Crippen LogP contribution in [0.3, 0.4) is 0 Å². The van der Waals surface area contributed by atoms with Crippen LogP contribution in [0.4, 0.5) is 0 Å². The first-order valence-electron chi connectivity index (χ1n) is 3.09. The standard InChI is InChI=1S/Ir.K.6NO2.3Na.4H/c;;6*2-1-3;;;;;;;. The van der Waals surface area contributed by atoms with Crippen molar-refractivity contribution in [3.63, 3.8) is 0 Å². The van der Waals surface area contributed by atoms with Gasteiger partial charge in [-0.25, -0.2) is 0 Å². The minimum absolute atomic E-state index is 0. The van der Waals surface area contributed by atoms with Gasteiger partial charge < -0.3 is 0 Å². The predicted molar refractivity (Wildman–Crippen MR) is 70.6 cm³/mol. The van der Waals surface area contributed by atoms with Crippen LogP contribution in [0.5, 0.6) is 0 Å². The van der Waals surface area contributed by atoms with Crippen molar-refractivity contribution < 1.29 is 35.9 Å². The van der Waals surface area contributed by atoms with Gasteiger partial charge in [0.1, 0.15) is 0 Å². The molecule has 119 valence electrons. The third kappa shape index (κ3) is 2.93. The maximum atomic E-state index is 10.6. The van der Waals surface area contributed by atoms with Crippen molar-refractivity contribution in [2.45, 2.75) is 0 Å². The molecule has 0 N–H and O–H groups in total. The molecular weight excluding hydrogens is 576 g/mol. The van der Waals surface area contributed by atoms with Gasteiger partial charge in [0.25, 0.3) is 0 Å². The van der Waals surface area contributed by atoms with Crippen molar-refractivity contribution in [2.75, 3.05) is 0 Å². The van der Waals surface area contributed by atoms with Gasteiger partial charge in [-0.2, -0.15) is 0 Å². The second-order valence-corrected chi connectivity index (χ2v) is 14.6. The second-order valence-electron chi connectivity index (χ2n) is 2.18. The molecule has 0 atom stereocenters. The predicted octanol–water partition coefficient (Wildman–Crippen LogP) is -4.23. The molecule has 0 amide bonds. The van der Waals surface area contributed by atoms with Gasteiger partial charge in [-0.1, -0.05) is 0 Å². The maximum absolute atomic E-state index is 11.1. The fourth-order valence-electron chi connectivity index (χ4n) is 0.667. The normalized spacial score (nSPS) is 12.0. The summed E-state index contributed by atoms with van der Waals surface area (Å²) in [5, 5.41) is 63.3. The van der Waals surface area contributed by atoms with E-state index in [1.54, 1.807) is 0 Å². The van der Waals surface area contributed by atoms with Crippen molar-refractivity contribution in [3.8, 4) is 0 Å². The van der Waals surface area contributed by atoms with Crippen LogP contribution in [0.1, 0.15) is 0 Å². The average Bonchev–Trinajstić information content (AvgIpc) is 2.15. The summed E-state index contributed by atoms with van der Waals surface area (Å²) in [4.78, 5) is 63.3. The molecule has 0 aromatic carbocycles. The molecule has 0 saturated heterocycles. The molecule has 0 rings (SSSR count). The molecule has 0 aliphatic heterocycles. The second kappa shape index (κ2) is 10.1. The van der Waals surface area contributed by atoms with Gasteiger partial charge in [0.05, 0.1) is 0 Å². The van der Waals surface area contributed by atoms with E-state index in [-0.39, 0.29) is 140 Å². The molecule has 0 spiro atoms. The summed E-state index contributed by atoms with van der Waals surface area (Å²) >= 11 is -11.1. The summed E-state index contributed by atoms with van der Waals surface area (Å²) in [6, 6.07) is 0. The van der Waals surface area contributed by atoms with Crippen LogP contribution in [-0.2, 0) is 14.3 Å². The molecular formula is H4IrKN6Na3O12. The van der Waals surface area contributed by atoms with Gasteiger partial charge in [0.15, 0.2) is 0 Å². The van der Waals surface area contributed by atoms with E-state index in [4.69, 9.17) is 0 Å². The van der Waals surface area contributed by atoms with Crippen LogP contribution in [0.25, 0.3) is 0 Å². The van der Waals surface area contributed by atoms with Crippen LogP contribution in [0, 0.1) is 60.7 Å². The van der Waals surface area contributed by atoms with E-state index in [1.807, 2.05) is 0 Å². The zero-order chi connectivity index (χ0) is 15.9. The van der Waals surface area contributed by atoms with Gasteiger partial charge in [-0.05, 0) is 0 Å². The Labute approximate surface area is 231 Å². The summed E-state index contributed by atoms with van der Waals surface area (Å²) in [6.07, 6.45) is 0. The number of hydrogen-bond donors (Lipinski definition) is 0. The summed E-state index contributed by atoms with van der Waals surface area (Å²) in [5.74, 6) is 0. The Morgan fingerprint density at radius 2 is 0.522 bits per heavy atom.